The number of ether oxygens (including phenoxy) is 1. The quantitative estimate of drug-likeness (QED) is 0.568. The van der Waals surface area contributed by atoms with Crippen LogP contribution in [0.2, 0.25) is 0 Å². The highest BCUT2D eigenvalue weighted by Crippen LogP contribution is 2.13. The Morgan fingerprint density at radius 2 is 1.90 bits per heavy atom. The standard InChI is InChI=1S/C15H28N2O4/c1-11(2)7-5-3-4-6-8-16-15(20)17-13-10-21-9-12(13)14(18)19/h11-13H,3-10H2,1-2H3,(H,18,19)(H2,16,17,20). The van der Waals surface area contributed by atoms with Crippen LogP contribution in [0.25, 0.3) is 0 Å². The van der Waals surface area contributed by atoms with Crippen LogP contribution in [0.1, 0.15) is 46.0 Å². The molecule has 0 aliphatic carbocycles. The van der Waals surface area contributed by atoms with Gasteiger partial charge in [-0.3, -0.25) is 4.79 Å². The van der Waals surface area contributed by atoms with Gasteiger partial charge in [0.25, 0.3) is 0 Å². The molecule has 0 saturated carbocycles. The molecular weight excluding hydrogens is 272 g/mol. The lowest BCUT2D eigenvalue weighted by Gasteiger charge is -2.16. The van der Waals surface area contributed by atoms with Crippen molar-refractivity contribution >= 4 is 12.0 Å². The molecule has 0 aromatic heterocycles. The zero-order chi connectivity index (χ0) is 15.7. The van der Waals surface area contributed by atoms with Gasteiger partial charge in [-0.2, -0.15) is 0 Å². The molecule has 2 atom stereocenters. The van der Waals surface area contributed by atoms with Crippen molar-refractivity contribution in [2.75, 3.05) is 19.8 Å². The SMILES string of the molecule is CC(C)CCCCCCNC(=O)NC1COCC1C(=O)O. The van der Waals surface area contributed by atoms with E-state index in [-0.39, 0.29) is 19.2 Å². The van der Waals surface area contributed by atoms with Crippen LogP contribution < -0.4 is 10.6 Å². The number of carbonyl (C=O) groups is 2. The second-order valence-electron chi connectivity index (χ2n) is 6.09. The summed E-state index contributed by atoms with van der Waals surface area (Å²) in [5.74, 6) is -0.820. The summed E-state index contributed by atoms with van der Waals surface area (Å²) in [6, 6.07) is -0.743. The molecule has 0 aromatic carbocycles. The molecule has 122 valence electrons. The van der Waals surface area contributed by atoms with Crippen LogP contribution in [-0.4, -0.2) is 42.9 Å². The Hall–Kier alpha value is -1.30. The first-order chi connectivity index (χ1) is 10.0. The highest BCUT2D eigenvalue weighted by atomic mass is 16.5. The van der Waals surface area contributed by atoms with E-state index in [1.807, 2.05) is 0 Å². The van der Waals surface area contributed by atoms with Crippen molar-refractivity contribution in [3.63, 3.8) is 0 Å². The van der Waals surface area contributed by atoms with Crippen LogP contribution in [-0.2, 0) is 9.53 Å². The van der Waals surface area contributed by atoms with E-state index in [4.69, 9.17) is 9.84 Å². The Kier molecular flexibility index (Phi) is 8.12. The normalized spacial score (nSPS) is 21.5. The number of nitrogens with one attached hydrogen (secondary N) is 2. The third kappa shape index (κ3) is 7.32. The fourth-order valence-electron chi connectivity index (χ4n) is 2.39. The van der Waals surface area contributed by atoms with Crippen LogP contribution in [0, 0.1) is 11.8 Å². The van der Waals surface area contributed by atoms with E-state index in [2.05, 4.69) is 24.5 Å². The van der Waals surface area contributed by atoms with Gasteiger partial charge in [-0.1, -0.05) is 39.5 Å². The van der Waals surface area contributed by atoms with Crippen LogP contribution in [0.15, 0.2) is 0 Å². The Bertz CT molecular complexity index is 334. The molecule has 3 N–H and O–H groups in total. The number of urea groups is 1. The summed E-state index contributed by atoms with van der Waals surface area (Å²) in [6.07, 6.45) is 5.75. The molecule has 1 rings (SSSR count). The van der Waals surface area contributed by atoms with Gasteiger partial charge < -0.3 is 20.5 Å². The number of hydrogen-bond donors (Lipinski definition) is 3. The summed E-state index contributed by atoms with van der Waals surface area (Å²) in [4.78, 5) is 22.6. The fraction of sp³-hybridized carbons (Fsp3) is 0.867. The average Bonchev–Trinajstić information content (AvgIpc) is 2.85. The maximum atomic E-state index is 11.7. The maximum absolute atomic E-state index is 11.7. The van der Waals surface area contributed by atoms with Gasteiger partial charge >= 0.3 is 12.0 Å². The van der Waals surface area contributed by atoms with E-state index in [1.54, 1.807) is 0 Å². The molecular formula is C15H28N2O4. The van der Waals surface area contributed by atoms with Gasteiger partial charge in [0.2, 0.25) is 0 Å². The number of carboxylic acid groups (broad SMARTS) is 1. The Balaban J connectivity index is 2.05. The number of unbranched alkanes of at least 4 members (excludes halogenated alkanes) is 3. The zero-order valence-electron chi connectivity index (χ0n) is 13.1. The highest BCUT2D eigenvalue weighted by Gasteiger charge is 2.34. The summed E-state index contributed by atoms with van der Waals surface area (Å²) in [5.41, 5.74) is 0. The average molecular weight is 300 g/mol. The Morgan fingerprint density at radius 1 is 1.19 bits per heavy atom. The van der Waals surface area contributed by atoms with E-state index >= 15 is 0 Å². The third-order valence-corrected chi connectivity index (χ3v) is 3.71. The fourth-order valence-corrected chi connectivity index (χ4v) is 2.39. The minimum absolute atomic E-state index is 0.163. The predicted molar refractivity (Wildman–Crippen MR) is 80.2 cm³/mol. The monoisotopic (exact) mass is 300 g/mol. The van der Waals surface area contributed by atoms with Crippen molar-refractivity contribution in [3.8, 4) is 0 Å². The minimum Gasteiger partial charge on any atom is -0.481 e. The minimum atomic E-state index is -0.928. The van der Waals surface area contributed by atoms with E-state index in [9.17, 15) is 9.59 Å². The lowest BCUT2D eigenvalue weighted by atomic mass is 10.0. The van der Waals surface area contributed by atoms with Gasteiger partial charge in [-0.25, -0.2) is 4.79 Å². The zero-order valence-corrected chi connectivity index (χ0v) is 13.1. The predicted octanol–water partition coefficient (Wildman–Crippen LogP) is 1.99. The largest absolute Gasteiger partial charge is 0.481 e. The summed E-state index contributed by atoms with van der Waals surface area (Å²) in [6.45, 7) is 5.50. The molecule has 1 fully saturated rings. The smallest absolute Gasteiger partial charge is 0.315 e. The summed E-state index contributed by atoms with van der Waals surface area (Å²) in [7, 11) is 0. The number of amides is 2. The van der Waals surface area contributed by atoms with Gasteiger partial charge in [-0.15, -0.1) is 0 Å². The number of aliphatic carboxylic acids is 1. The molecule has 0 bridgehead atoms. The van der Waals surface area contributed by atoms with E-state index < -0.39 is 17.9 Å². The van der Waals surface area contributed by atoms with Crippen LogP contribution in [0.4, 0.5) is 4.79 Å². The molecule has 6 heteroatoms. The summed E-state index contributed by atoms with van der Waals surface area (Å²) < 4.78 is 5.10. The first kappa shape index (κ1) is 17.8. The maximum Gasteiger partial charge on any atom is 0.315 e. The molecule has 2 amide bonds. The molecule has 0 spiro atoms. The summed E-state index contributed by atoms with van der Waals surface area (Å²) in [5, 5.41) is 14.4. The molecule has 1 aliphatic heterocycles. The van der Waals surface area contributed by atoms with Crippen molar-refractivity contribution < 1.29 is 19.4 Å². The topological polar surface area (TPSA) is 87.7 Å². The second kappa shape index (κ2) is 9.60. The Morgan fingerprint density at radius 3 is 2.57 bits per heavy atom. The van der Waals surface area contributed by atoms with Gasteiger partial charge in [0.15, 0.2) is 0 Å². The van der Waals surface area contributed by atoms with Crippen molar-refractivity contribution in [2.45, 2.75) is 52.0 Å². The van der Waals surface area contributed by atoms with Gasteiger partial charge in [0.05, 0.1) is 19.3 Å². The van der Waals surface area contributed by atoms with Crippen molar-refractivity contribution in [1.29, 1.82) is 0 Å². The summed E-state index contributed by atoms with van der Waals surface area (Å²) >= 11 is 0. The van der Waals surface area contributed by atoms with E-state index in [1.165, 1.54) is 19.3 Å². The van der Waals surface area contributed by atoms with Gasteiger partial charge in [-0.05, 0) is 12.3 Å². The van der Waals surface area contributed by atoms with E-state index in [0.717, 1.165) is 18.8 Å². The third-order valence-electron chi connectivity index (χ3n) is 3.71. The molecule has 1 heterocycles. The van der Waals surface area contributed by atoms with E-state index in [0.29, 0.717) is 6.54 Å². The molecule has 2 unspecified atom stereocenters. The number of hydrogen-bond acceptors (Lipinski definition) is 3. The number of carboxylic acids is 1. The Labute approximate surface area is 126 Å². The molecule has 1 aliphatic rings. The second-order valence-corrected chi connectivity index (χ2v) is 6.09. The lowest BCUT2D eigenvalue weighted by Crippen LogP contribution is -2.47. The highest BCUT2D eigenvalue weighted by molar-refractivity contribution is 5.77. The first-order valence-electron chi connectivity index (χ1n) is 7.85. The van der Waals surface area contributed by atoms with Crippen molar-refractivity contribution in [3.05, 3.63) is 0 Å². The van der Waals surface area contributed by atoms with Crippen LogP contribution >= 0.6 is 0 Å². The lowest BCUT2D eigenvalue weighted by molar-refractivity contribution is -0.142. The van der Waals surface area contributed by atoms with Crippen LogP contribution in [0.5, 0.6) is 0 Å². The molecule has 21 heavy (non-hydrogen) atoms. The van der Waals surface area contributed by atoms with Crippen molar-refractivity contribution in [2.24, 2.45) is 11.8 Å². The van der Waals surface area contributed by atoms with Crippen LogP contribution in [0.3, 0.4) is 0 Å². The van der Waals surface area contributed by atoms with Gasteiger partial charge in [0.1, 0.15) is 5.92 Å². The molecule has 1 saturated heterocycles. The van der Waals surface area contributed by atoms with Crippen molar-refractivity contribution in [1.82, 2.24) is 10.6 Å². The molecule has 6 nitrogen and oxygen atoms in total. The molecule has 0 aromatic rings. The molecule has 0 radical (unpaired) electrons. The first-order valence-corrected chi connectivity index (χ1v) is 7.85. The number of rotatable bonds is 9. The number of carbonyl (C=O) groups excluding carboxylic acids is 1. The van der Waals surface area contributed by atoms with Gasteiger partial charge in [0, 0.05) is 6.54 Å².